The van der Waals surface area contributed by atoms with Gasteiger partial charge in [-0.1, -0.05) is 24.3 Å². The van der Waals surface area contributed by atoms with Crippen LogP contribution in [0.2, 0.25) is 0 Å². The molecule has 0 radical (unpaired) electrons. The lowest BCUT2D eigenvalue weighted by Gasteiger charge is -2.10. The van der Waals surface area contributed by atoms with Crippen LogP contribution >= 0.6 is 0 Å². The molecule has 4 nitrogen and oxygen atoms in total. The molecular weight excluding hydrogens is 250 g/mol. The van der Waals surface area contributed by atoms with E-state index in [9.17, 15) is 4.79 Å². The number of hydrogen-bond donors (Lipinski definition) is 2. The van der Waals surface area contributed by atoms with Crippen molar-refractivity contribution in [1.82, 2.24) is 10.3 Å². The van der Waals surface area contributed by atoms with Gasteiger partial charge in [0.25, 0.3) is 5.91 Å². The minimum Gasteiger partial charge on any atom is -0.354 e. The van der Waals surface area contributed by atoms with Gasteiger partial charge in [-0.25, -0.2) is 0 Å². The zero-order valence-electron chi connectivity index (χ0n) is 11.4. The molecular formula is C16H17N3O. The number of carbonyl (C=O) groups excluding carboxylic acids is 1. The van der Waals surface area contributed by atoms with E-state index in [2.05, 4.69) is 22.2 Å². The van der Waals surface area contributed by atoms with Crippen molar-refractivity contribution in [1.29, 1.82) is 0 Å². The molecule has 0 aliphatic heterocycles. The van der Waals surface area contributed by atoms with Crippen molar-refractivity contribution in [2.45, 2.75) is 6.92 Å². The van der Waals surface area contributed by atoms with E-state index in [0.717, 1.165) is 16.9 Å². The first-order valence-corrected chi connectivity index (χ1v) is 6.37. The summed E-state index contributed by atoms with van der Waals surface area (Å²) in [6.07, 6.45) is 4.87. The molecule has 0 unspecified atom stereocenters. The second-order valence-electron chi connectivity index (χ2n) is 4.40. The van der Waals surface area contributed by atoms with Gasteiger partial charge in [0.2, 0.25) is 0 Å². The standard InChI is InChI=1S/C16H17N3O/c1-3-8-18-16(20)13-9-14(11-17-10-13)19-15-7-5-4-6-12(15)2/h3-7,9-11,19H,1,8H2,2H3,(H,18,20). The molecule has 1 aromatic carbocycles. The van der Waals surface area contributed by atoms with E-state index in [1.165, 1.54) is 0 Å². The number of amides is 1. The minimum atomic E-state index is -0.161. The number of carbonyl (C=O) groups is 1. The van der Waals surface area contributed by atoms with Crippen molar-refractivity contribution in [2.24, 2.45) is 0 Å². The number of benzene rings is 1. The lowest BCUT2D eigenvalue weighted by Crippen LogP contribution is -2.23. The Balaban J connectivity index is 2.16. The number of pyridine rings is 1. The van der Waals surface area contributed by atoms with E-state index in [1.807, 2.05) is 31.2 Å². The monoisotopic (exact) mass is 267 g/mol. The van der Waals surface area contributed by atoms with Crippen LogP contribution in [0.15, 0.2) is 55.4 Å². The first kappa shape index (κ1) is 13.8. The normalized spacial score (nSPS) is 9.85. The van der Waals surface area contributed by atoms with Gasteiger partial charge in [0.1, 0.15) is 0 Å². The van der Waals surface area contributed by atoms with Crippen LogP contribution in [0, 0.1) is 6.92 Å². The highest BCUT2D eigenvalue weighted by Gasteiger charge is 2.06. The fraction of sp³-hybridized carbons (Fsp3) is 0.125. The van der Waals surface area contributed by atoms with Crippen LogP contribution in [0.1, 0.15) is 15.9 Å². The zero-order chi connectivity index (χ0) is 14.4. The molecule has 1 aromatic heterocycles. The summed E-state index contributed by atoms with van der Waals surface area (Å²) in [6.45, 7) is 6.03. The topological polar surface area (TPSA) is 54.0 Å². The fourth-order valence-electron chi connectivity index (χ4n) is 1.77. The Kier molecular flexibility index (Phi) is 4.50. The molecule has 0 atom stereocenters. The maximum Gasteiger partial charge on any atom is 0.253 e. The predicted molar refractivity (Wildman–Crippen MR) is 81.2 cm³/mol. The Morgan fingerprint density at radius 3 is 2.90 bits per heavy atom. The summed E-state index contributed by atoms with van der Waals surface area (Å²) < 4.78 is 0. The van der Waals surface area contributed by atoms with E-state index in [4.69, 9.17) is 0 Å². The maximum atomic E-state index is 11.8. The molecule has 0 spiro atoms. The van der Waals surface area contributed by atoms with Gasteiger partial charge in [-0.05, 0) is 24.6 Å². The third-order valence-corrected chi connectivity index (χ3v) is 2.83. The summed E-state index contributed by atoms with van der Waals surface area (Å²) in [5.41, 5.74) is 3.43. The molecule has 2 N–H and O–H groups in total. The first-order chi connectivity index (χ1) is 9.70. The highest BCUT2D eigenvalue weighted by Crippen LogP contribution is 2.19. The molecule has 2 rings (SSSR count). The van der Waals surface area contributed by atoms with Gasteiger partial charge in [0.05, 0.1) is 17.4 Å². The van der Waals surface area contributed by atoms with Crippen LogP contribution in [0.4, 0.5) is 11.4 Å². The van der Waals surface area contributed by atoms with Crippen LogP contribution in [-0.2, 0) is 0 Å². The van der Waals surface area contributed by atoms with Gasteiger partial charge in [-0.3, -0.25) is 9.78 Å². The number of rotatable bonds is 5. The molecule has 1 heterocycles. The zero-order valence-corrected chi connectivity index (χ0v) is 11.4. The maximum absolute atomic E-state index is 11.8. The average molecular weight is 267 g/mol. The second-order valence-corrected chi connectivity index (χ2v) is 4.40. The van der Waals surface area contributed by atoms with Crippen molar-refractivity contribution >= 4 is 17.3 Å². The average Bonchev–Trinajstić information content (AvgIpc) is 2.47. The van der Waals surface area contributed by atoms with Crippen LogP contribution in [0.25, 0.3) is 0 Å². The lowest BCUT2D eigenvalue weighted by atomic mass is 10.2. The summed E-state index contributed by atoms with van der Waals surface area (Å²) in [5.74, 6) is -0.161. The lowest BCUT2D eigenvalue weighted by molar-refractivity contribution is 0.0957. The molecule has 0 fully saturated rings. The summed E-state index contributed by atoms with van der Waals surface area (Å²) >= 11 is 0. The smallest absolute Gasteiger partial charge is 0.253 e. The predicted octanol–water partition coefficient (Wildman–Crippen LogP) is 3.05. The molecule has 102 valence electrons. The molecule has 0 bridgehead atoms. The third-order valence-electron chi connectivity index (χ3n) is 2.83. The van der Waals surface area contributed by atoms with E-state index >= 15 is 0 Å². The largest absolute Gasteiger partial charge is 0.354 e. The summed E-state index contributed by atoms with van der Waals surface area (Å²) in [5, 5.41) is 5.99. The van der Waals surface area contributed by atoms with Crippen molar-refractivity contribution in [3.63, 3.8) is 0 Å². The molecule has 1 amide bonds. The second kappa shape index (κ2) is 6.52. The van der Waals surface area contributed by atoms with E-state index in [1.54, 1.807) is 24.5 Å². The van der Waals surface area contributed by atoms with Crippen molar-refractivity contribution < 1.29 is 4.79 Å². The number of aryl methyl sites for hydroxylation is 1. The highest BCUT2D eigenvalue weighted by atomic mass is 16.1. The van der Waals surface area contributed by atoms with E-state index in [0.29, 0.717) is 12.1 Å². The van der Waals surface area contributed by atoms with Gasteiger partial charge in [-0.15, -0.1) is 6.58 Å². The Morgan fingerprint density at radius 1 is 1.35 bits per heavy atom. The highest BCUT2D eigenvalue weighted by molar-refractivity contribution is 5.94. The SMILES string of the molecule is C=CCNC(=O)c1cncc(Nc2ccccc2C)c1. The molecule has 4 heteroatoms. The van der Waals surface area contributed by atoms with Crippen LogP contribution < -0.4 is 10.6 Å². The molecule has 0 saturated carbocycles. The van der Waals surface area contributed by atoms with Crippen LogP contribution in [0.3, 0.4) is 0 Å². The number of aromatic nitrogens is 1. The first-order valence-electron chi connectivity index (χ1n) is 6.37. The van der Waals surface area contributed by atoms with Crippen molar-refractivity contribution in [3.8, 4) is 0 Å². The number of anilines is 2. The fourth-order valence-corrected chi connectivity index (χ4v) is 1.77. The van der Waals surface area contributed by atoms with Crippen molar-refractivity contribution in [3.05, 3.63) is 66.5 Å². The van der Waals surface area contributed by atoms with Gasteiger partial charge in [0.15, 0.2) is 0 Å². The van der Waals surface area contributed by atoms with Gasteiger partial charge < -0.3 is 10.6 Å². The quantitative estimate of drug-likeness (QED) is 0.819. The summed E-state index contributed by atoms with van der Waals surface area (Å²) in [4.78, 5) is 15.9. The molecule has 2 aromatic rings. The van der Waals surface area contributed by atoms with E-state index in [-0.39, 0.29) is 5.91 Å². The molecule has 0 aliphatic rings. The summed E-state index contributed by atoms with van der Waals surface area (Å²) in [6, 6.07) is 9.73. The number of nitrogens with zero attached hydrogens (tertiary/aromatic N) is 1. The third kappa shape index (κ3) is 3.45. The molecule has 20 heavy (non-hydrogen) atoms. The van der Waals surface area contributed by atoms with E-state index < -0.39 is 0 Å². The van der Waals surface area contributed by atoms with Crippen molar-refractivity contribution in [2.75, 3.05) is 11.9 Å². The molecule has 0 aliphatic carbocycles. The minimum absolute atomic E-state index is 0.161. The van der Waals surface area contributed by atoms with Gasteiger partial charge in [0, 0.05) is 18.4 Å². The summed E-state index contributed by atoms with van der Waals surface area (Å²) in [7, 11) is 0. The number of nitrogens with one attached hydrogen (secondary N) is 2. The van der Waals surface area contributed by atoms with Gasteiger partial charge >= 0.3 is 0 Å². The molecule has 0 saturated heterocycles. The number of hydrogen-bond acceptors (Lipinski definition) is 3. The van der Waals surface area contributed by atoms with Gasteiger partial charge in [-0.2, -0.15) is 0 Å². The Bertz CT molecular complexity index is 623. The Morgan fingerprint density at radius 2 is 2.15 bits per heavy atom. The number of para-hydroxylation sites is 1. The Hall–Kier alpha value is -2.62. The Labute approximate surface area is 118 Å². The van der Waals surface area contributed by atoms with Crippen LogP contribution in [0.5, 0.6) is 0 Å². The van der Waals surface area contributed by atoms with Crippen LogP contribution in [-0.4, -0.2) is 17.4 Å².